The predicted molar refractivity (Wildman–Crippen MR) is 50.6 cm³/mol. The van der Waals surface area contributed by atoms with Gasteiger partial charge >= 0.3 is 0 Å². The van der Waals surface area contributed by atoms with Crippen LogP contribution >= 0.6 is 10.7 Å². The van der Waals surface area contributed by atoms with Crippen LogP contribution in [-0.4, -0.2) is 14.3 Å². The Balaban J connectivity index is 2.71. The van der Waals surface area contributed by atoms with Crippen LogP contribution in [0.4, 0.5) is 4.39 Å². The van der Waals surface area contributed by atoms with Crippen molar-refractivity contribution in [2.45, 2.75) is 11.4 Å². The molecule has 0 spiro atoms. The molecule has 80 valence electrons. The first-order chi connectivity index (χ1) is 6.89. The number of benzene rings is 1. The van der Waals surface area contributed by atoms with Crippen LogP contribution in [0.25, 0.3) is 0 Å². The number of amides is 1. The average Bonchev–Trinajstić information content (AvgIpc) is 2.44. The zero-order chi connectivity index (χ0) is 11.2. The summed E-state index contributed by atoms with van der Waals surface area (Å²) in [6.45, 7) is 0.202. The first kappa shape index (κ1) is 10.4. The highest BCUT2D eigenvalue weighted by Gasteiger charge is 2.25. The SMILES string of the molecule is O=C1NCc2cc(F)c(S(=O)(=O)Cl)cc21. The molecule has 15 heavy (non-hydrogen) atoms. The number of carbonyl (C=O) groups is 1. The van der Waals surface area contributed by atoms with Crippen LogP contribution in [-0.2, 0) is 15.6 Å². The van der Waals surface area contributed by atoms with E-state index in [1.165, 1.54) is 0 Å². The number of rotatable bonds is 1. The van der Waals surface area contributed by atoms with Crippen molar-refractivity contribution in [3.8, 4) is 0 Å². The molecular formula is C8H5ClFNO3S. The fourth-order valence-electron chi connectivity index (χ4n) is 1.41. The third kappa shape index (κ3) is 1.70. The van der Waals surface area contributed by atoms with Crippen LogP contribution in [0.3, 0.4) is 0 Å². The lowest BCUT2D eigenvalue weighted by atomic mass is 10.1. The summed E-state index contributed by atoms with van der Waals surface area (Å²) in [6, 6.07) is 1.96. The molecular weight excluding hydrogens is 245 g/mol. The monoisotopic (exact) mass is 249 g/mol. The van der Waals surface area contributed by atoms with E-state index in [-0.39, 0.29) is 12.1 Å². The standard InChI is InChI=1S/C8H5ClFNO3S/c9-15(13,14)7-2-5-4(1-6(7)10)3-11-8(5)12/h1-2H,3H2,(H,11,12). The Morgan fingerprint density at radius 2 is 2.07 bits per heavy atom. The Morgan fingerprint density at radius 1 is 1.40 bits per heavy atom. The molecule has 1 aliphatic heterocycles. The zero-order valence-corrected chi connectivity index (χ0v) is 8.82. The molecule has 1 amide bonds. The highest BCUT2D eigenvalue weighted by atomic mass is 35.7. The summed E-state index contributed by atoms with van der Waals surface area (Å²) in [6.07, 6.45) is 0. The highest BCUT2D eigenvalue weighted by molar-refractivity contribution is 8.13. The van der Waals surface area contributed by atoms with Gasteiger partial charge in [-0.05, 0) is 17.7 Å². The minimum atomic E-state index is -4.16. The van der Waals surface area contributed by atoms with Crippen molar-refractivity contribution in [3.05, 3.63) is 29.1 Å². The van der Waals surface area contributed by atoms with Gasteiger partial charge in [0, 0.05) is 22.8 Å². The molecule has 0 unspecified atom stereocenters. The first-order valence-corrected chi connectivity index (χ1v) is 6.26. The van der Waals surface area contributed by atoms with Gasteiger partial charge in [0.05, 0.1) is 0 Å². The van der Waals surface area contributed by atoms with Crippen molar-refractivity contribution in [2.24, 2.45) is 0 Å². The van der Waals surface area contributed by atoms with E-state index >= 15 is 0 Å². The lowest BCUT2D eigenvalue weighted by Gasteiger charge is -2.01. The summed E-state index contributed by atoms with van der Waals surface area (Å²) >= 11 is 0. The van der Waals surface area contributed by atoms with Crippen molar-refractivity contribution >= 4 is 25.6 Å². The molecule has 0 radical (unpaired) electrons. The molecule has 0 saturated heterocycles. The average molecular weight is 250 g/mol. The summed E-state index contributed by atoms with van der Waals surface area (Å²) in [5.41, 5.74) is 0.581. The smallest absolute Gasteiger partial charge is 0.264 e. The molecule has 0 fully saturated rings. The summed E-state index contributed by atoms with van der Waals surface area (Å²) in [5.74, 6) is -1.37. The number of nitrogens with one attached hydrogen (secondary N) is 1. The van der Waals surface area contributed by atoms with Gasteiger partial charge in [-0.3, -0.25) is 4.79 Å². The summed E-state index contributed by atoms with van der Waals surface area (Å²) in [4.78, 5) is 10.5. The van der Waals surface area contributed by atoms with Gasteiger partial charge in [0.15, 0.2) is 0 Å². The van der Waals surface area contributed by atoms with Gasteiger partial charge < -0.3 is 5.32 Å². The molecule has 1 N–H and O–H groups in total. The molecule has 1 aromatic carbocycles. The zero-order valence-electron chi connectivity index (χ0n) is 7.25. The minimum Gasteiger partial charge on any atom is -0.348 e. The molecule has 1 heterocycles. The van der Waals surface area contributed by atoms with E-state index in [1.54, 1.807) is 0 Å². The van der Waals surface area contributed by atoms with Crippen molar-refractivity contribution in [2.75, 3.05) is 0 Å². The number of hydrogen-bond acceptors (Lipinski definition) is 3. The van der Waals surface area contributed by atoms with E-state index in [0.29, 0.717) is 5.56 Å². The van der Waals surface area contributed by atoms with E-state index in [9.17, 15) is 17.6 Å². The molecule has 0 bridgehead atoms. The second-order valence-corrected chi connectivity index (χ2v) is 5.59. The van der Waals surface area contributed by atoms with Crippen LogP contribution in [0, 0.1) is 5.82 Å². The maximum absolute atomic E-state index is 13.3. The van der Waals surface area contributed by atoms with Gasteiger partial charge in [-0.25, -0.2) is 12.8 Å². The van der Waals surface area contributed by atoms with Crippen molar-refractivity contribution < 1.29 is 17.6 Å². The summed E-state index contributed by atoms with van der Waals surface area (Å²) in [7, 11) is 0.852. The third-order valence-electron chi connectivity index (χ3n) is 2.10. The molecule has 4 nitrogen and oxygen atoms in total. The second-order valence-electron chi connectivity index (χ2n) is 3.06. The maximum atomic E-state index is 13.3. The molecule has 1 aliphatic rings. The van der Waals surface area contributed by atoms with E-state index in [1.807, 2.05) is 0 Å². The number of hydrogen-bond donors (Lipinski definition) is 1. The fraction of sp³-hybridized carbons (Fsp3) is 0.125. The quantitative estimate of drug-likeness (QED) is 0.755. The molecule has 0 atom stereocenters. The van der Waals surface area contributed by atoms with Gasteiger partial charge in [-0.1, -0.05) is 0 Å². The predicted octanol–water partition coefficient (Wildman–Crippen LogP) is 0.997. The molecule has 0 aliphatic carbocycles. The Labute approximate surface area is 89.5 Å². The Morgan fingerprint density at radius 3 is 2.67 bits per heavy atom. The van der Waals surface area contributed by atoms with Gasteiger partial charge in [-0.15, -0.1) is 0 Å². The van der Waals surface area contributed by atoms with Crippen molar-refractivity contribution in [1.82, 2.24) is 5.32 Å². The molecule has 1 aromatic rings. The largest absolute Gasteiger partial charge is 0.348 e. The number of halogens is 2. The molecule has 7 heteroatoms. The highest BCUT2D eigenvalue weighted by Crippen LogP contribution is 2.25. The molecule has 2 rings (SSSR count). The van der Waals surface area contributed by atoms with E-state index in [0.717, 1.165) is 12.1 Å². The summed E-state index contributed by atoms with van der Waals surface area (Å²) < 4.78 is 35.2. The molecule has 0 saturated carbocycles. The Bertz CT molecular complexity index is 555. The molecule has 0 aromatic heterocycles. The van der Waals surface area contributed by atoms with Crippen LogP contribution in [0.2, 0.25) is 0 Å². The van der Waals surface area contributed by atoms with Gasteiger partial charge in [0.25, 0.3) is 15.0 Å². The van der Waals surface area contributed by atoms with Crippen molar-refractivity contribution in [1.29, 1.82) is 0 Å². The van der Waals surface area contributed by atoms with Gasteiger partial charge in [-0.2, -0.15) is 0 Å². The van der Waals surface area contributed by atoms with Crippen LogP contribution in [0.15, 0.2) is 17.0 Å². The van der Waals surface area contributed by atoms with Crippen molar-refractivity contribution in [3.63, 3.8) is 0 Å². The van der Waals surface area contributed by atoms with E-state index in [4.69, 9.17) is 10.7 Å². The van der Waals surface area contributed by atoms with Crippen LogP contribution in [0.1, 0.15) is 15.9 Å². The third-order valence-corrected chi connectivity index (χ3v) is 3.44. The number of carbonyl (C=O) groups excluding carboxylic acids is 1. The summed E-state index contributed by atoms with van der Waals surface area (Å²) in [5, 5.41) is 2.45. The number of fused-ring (bicyclic) bond motifs is 1. The van der Waals surface area contributed by atoms with E-state index < -0.39 is 25.7 Å². The first-order valence-electron chi connectivity index (χ1n) is 3.95. The Hall–Kier alpha value is -1.14. The van der Waals surface area contributed by atoms with Gasteiger partial charge in [0.1, 0.15) is 10.7 Å². The topological polar surface area (TPSA) is 63.2 Å². The normalized spacial score (nSPS) is 14.9. The lowest BCUT2D eigenvalue weighted by Crippen LogP contribution is -2.12. The van der Waals surface area contributed by atoms with Crippen LogP contribution in [0.5, 0.6) is 0 Å². The van der Waals surface area contributed by atoms with E-state index in [2.05, 4.69) is 5.32 Å². The lowest BCUT2D eigenvalue weighted by molar-refractivity contribution is 0.0965. The van der Waals surface area contributed by atoms with Crippen LogP contribution < -0.4 is 5.32 Å². The maximum Gasteiger partial charge on any atom is 0.264 e. The fourth-order valence-corrected chi connectivity index (χ4v) is 2.32. The van der Waals surface area contributed by atoms with Gasteiger partial charge in [0.2, 0.25) is 0 Å². The minimum absolute atomic E-state index is 0.149. The Kier molecular flexibility index (Phi) is 2.20. The second kappa shape index (κ2) is 3.18.